The molecule has 23 heavy (non-hydrogen) atoms. The summed E-state index contributed by atoms with van der Waals surface area (Å²) in [5.41, 5.74) is 0.300. The summed E-state index contributed by atoms with van der Waals surface area (Å²) in [5.74, 6) is -0.0501. The molecule has 1 amide bonds. The first-order valence-corrected chi connectivity index (χ1v) is 10.3. The largest absolute Gasteiger partial charge is 0.381 e. The van der Waals surface area contributed by atoms with Gasteiger partial charge < -0.3 is 10.1 Å². The van der Waals surface area contributed by atoms with E-state index < -0.39 is 15.3 Å². The lowest BCUT2D eigenvalue weighted by atomic mass is 9.73. The van der Waals surface area contributed by atoms with Crippen molar-refractivity contribution < 1.29 is 17.9 Å². The molecular formula is C16H22BrNO4S. The highest BCUT2D eigenvalue weighted by Gasteiger charge is 2.41. The van der Waals surface area contributed by atoms with E-state index in [-0.39, 0.29) is 24.0 Å². The molecule has 1 fully saturated rings. The molecule has 0 unspecified atom stereocenters. The summed E-state index contributed by atoms with van der Waals surface area (Å²) in [6.45, 7) is 2.81. The number of carbonyl (C=O) groups excluding carboxylic acids is 1. The summed E-state index contributed by atoms with van der Waals surface area (Å²) in [7, 11) is -3.08. The predicted molar refractivity (Wildman–Crippen MR) is 93.2 cm³/mol. The maximum Gasteiger partial charge on any atom is 0.230 e. The summed E-state index contributed by atoms with van der Waals surface area (Å²) >= 11 is 3.40. The summed E-state index contributed by atoms with van der Waals surface area (Å²) in [5, 5.41) is 2.81. The van der Waals surface area contributed by atoms with Crippen LogP contribution >= 0.6 is 15.9 Å². The van der Waals surface area contributed by atoms with Crippen molar-refractivity contribution in [3.8, 4) is 0 Å². The number of sulfone groups is 1. The Kier molecular flexibility index (Phi) is 6.22. The van der Waals surface area contributed by atoms with Crippen LogP contribution in [0.1, 0.15) is 25.3 Å². The van der Waals surface area contributed by atoms with Gasteiger partial charge in [0.1, 0.15) is 0 Å². The molecule has 1 aliphatic heterocycles. The molecule has 2 rings (SSSR count). The van der Waals surface area contributed by atoms with Crippen LogP contribution in [0.25, 0.3) is 0 Å². The Labute approximate surface area is 145 Å². The number of ether oxygens (including phenoxy) is 1. The number of hydrogen-bond acceptors (Lipinski definition) is 4. The molecule has 0 saturated carbocycles. The van der Waals surface area contributed by atoms with E-state index >= 15 is 0 Å². The standard InChI is InChI=1S/C16H22BrNO4S/c1-2-23(20,21)12-9-18-15(19)16(7-10-22-11-8-16)13-3-5-14(17)6-4-13/h3-6H,2,7-12H2,1H3,(H,18,19). The lowest BCUT2D eigenvalue weighted by molar-refractivity contribution is -0.130. The van der Waals surface area contributed by atoms with Gasteiger partial charge in [0.25, 0.3) is 0 Å². The Bertz CT molecular complexity index is 637. The molecule has 0 aromatic heterocycles. The van der Waals surface area contributed by atoms with Gasteiger partial charge in [-0.1, -0.05) is 35.0 Å². The molecule has 0 atom stereocenters. The third-order valence-corrected chi connectivity index (χ3v) is 6.55. The molecule has 5 nitrogen and oxygen atoms in total. The summed E-state index contributed by atoms with van der Waals surface area (Å²) in [6, 6.07) is 7.72. The molecule has 0 aliphatic carbocycles. The van der Waals surface area contributed by atoms with Gasteiger partial charge >= 0.3 is 0 Å². The van der Waals surface area contributed by atoms with Gasteiger partial charge in [-0.15, -0.1) is 0 Å². The van der Waals surface area contributed by atoms with Crippen LogP contribution in [-0.2, 0) is 24.8 Å². The van der Waals surface area contributed by atoms with Crippen LogP contribution in [-0.4, -0.2) is 45.6 Å². The second-order valence-electron chi connectivity index (χ2n) is 5.69. The molecule has 1 heterocycles. The van der Waals surface area contributed by atoms with Crippen LogP contribution in [0, 0.1) is 0 Å². The Hall–Kier alpha value is -0.920. The molecule has 1 N–H and O–H groups in total. The number of amides is 1. The number of benzene rings is 1. The first-order valence-electron chi connectivity index (χ1n) is 7.72. The summed E-state index contributed by atoms with van der Waals surface area (Å²) < 4.78 is 29.5. The topological polar surface area (TPSA) is 72.5 Å². The number of carbonyl (C=O) groups is 1. The summed E-state index contributed by atoms with van der Waals surface area (Å²) in [6.07, 6.45) is 1.20. The predicted octanol–water partition coefficient (Wildman–Crippen LogP) is 2.05. The lowest BCUT2D eigenvalue weighted by Gasteiger charge is -2.36. The van der Waals surface area contributed by atoms with E-state index in [9.17, 15) is 13.2 Å². The molecule has 1 aliphatic rings. The second kappa shape index (κ2) is 7.77. The molecule has 1 saturated heterocycles. The van der Waals surface area contributed by atoms with E-state index in [1.165, 1.54) is 0 Å². The van der Waals surface area contributed by atoms with Gasteiger partial charge in [-0.05, 0) is 30.5 Å². The highest BCUT2D eigenvalue weighted by molar-refractivity contribution is 9.10. The zero-order chi connectivity index (χ0) is 16.9. The number of hydrogen-bond donors (Lipinski definition) is 1. The fourth-order valence-corrected chi connectivity index (χ4v) is 3.74. The van der Waals surface area contributed by atoms with Gasteiger partial charge in [-0.25, -0.2) is 8.42 Å². The monoisotopic (exact) mass is 403 g/mol. The fourth-order valence-electron chi connectivity index (χ4n) is 2.77. The molecule has 0 spiro atoms. The quantitative estimate of drug-likeness (QED) is 0.788. The Balaban J connectivity index is 2.14. The highest BCUT2D eigenvalue weighted by atomic mass is 79.9. The summed E-state index contributed by atoms with van der Waals surface area (Å²) in [4.78, 5) is 12.8. The van der Waals surface area contributed by atoms with Crippen molar-refractivity contribution in [2.45, 2.75) is 25.2 Å². The normalized spacial score (nSPS) is 17.7. The van der Waals surface area contributed by atoms with Crippen molar-refractivity contribution in [3.63, 3.8) is 0 Å². The molecule has 0 radical (unpaired) electrons. The van der Waals surface area contributed by atoms with E-state index in [1.54, 1.807) is 6.92 Å². The van der Waals surface area contributed by atoms with Crippen molar-refractivity contribution in [1.82, 2.24) is 5.32 Å². The zero-order valence-corrected chi connectivity index (χ0v) is 15.6. The van der Waals surface area contributed by atoms with E-state index in [4.69, 9.17) is 4.74 Å². The molecule has 1 aromatic rings. The van der Waals surface area contributed by atoms with Gasteiger partial charge in [-0.3, -0.25) is 4.79 Å². The molecule has 1 aromatic carbocycles. The average molecular weight is 404 g/mol. The van der Waals surface area contributed by atoms with E-state index in [0.29, 0.717) is 26.1 Å². The first-order chi connectivity index (χ1) is 10.9. The van der Waals surface area contributed by atoms with E-state index in [1.807, 2.05) is 24.3 Å². The molecule has 0 bridgehead atoms. The van der Waals surface area contributed by atoms with Crippen LogP contribution in [0.4, 0.5) is 0 Å². The van der Waals surface area contributed by atoms with E-state index in [2.05, 4.69) is 21.2 Å². The molecule has 7 heteroatoms. The van der Waals surface area contributed by atoms with Crippen LogP contribution in [0.5, 0.6) is 0 Å². The van der Waals surface area contributed by atoms with Gasteiger partial charge in [-0.2, -0.15) is 0 Å². The number of nitrogens with one attached hydrogen (secondary N) is 1. The number of rotatable bonds is 6. The van der Waals surface area contributed by atoms with Crippen LogP contribution in [0.3, 0.4) is 0 Å². The lowest BCUT2D eigenvalue weighted by Crippen LogP contribution is -2.49. The third-order valence-electron chi connectivity index (χ3n) is 4.32. The van der Waals surface area contributed by atoms with Crippen molar-refractivity contribution in [1.29, 1.82) is 0 Å². The highest BCUT2D eigenvalue weighted by Crippen LogP contribution is 2.35. The third kappa shape index (κ3) is 4.55. The van der Waals surface area contributed by atoms with Crippen LogP contribution in [0.2, 0.25) is 0 Å². The Morgan fingerprint density at radius 3 is 2.43 bits per heavy atom. The van der Waals surface area contributed by atoms with E-state index in [0.717, 1.165) is 10.0 Å². The molecular weight excluding hydrogens is 382 g/mol. The second-order valence-corrected chi connectivity index (χ2v) is 9.08. The van der Waals surface area contributed by atoms with Gasteiger partial charge in [0.15, 0.2) is 9.84 Å². The van der Waals surface area contributed by atoms with Crippen molar-refractivity contribution >= 4 is 31.7 Å². The average Bonchev–Trinajstić information content (AvgIpc) is 2.56. The van der Waals surface area contributed by atoms with Crippen molar-refractivity contribution in [3.05, 3.63) is 34.3 Å². The minimum atomic E-state index is -3.08. The molecule has 128 valence electrons. The SMILES string of the molecule is CCS(=O)(=O)CCNC(=O)C1(c2ccc(Br)cc2)CCOCC1. The van der Waals surface area contributed by atoms with Crippen LogP contribution < -0.4 is 5.32 Å². The number of halogens is 1. The van der Waals surface area contributed by atoms with Crippen molar-refractivity contribution in [2.75, 3.05) is 31.3 Å². The Morgan fingerprint density at radius 2 is 1.87 bits per heavy atom. The maximum absolute atomic E-state index is 12.8. The fraction of sp³-hybridized carbons (Fsp3) is 0.562. The zero-order valence-electron chi connectivity index (χ0n) is 13.2. The van der Waals surface area contributed by atoms with Gasteiger partial charge in [0.05, 0.1) is 11.2 Å². The van der Waals surface area contributed by atoms with Crippen molar-refractivity contribution in [2.24, 2.45) is 0 Å². The minimum Gasteiger partial charge on any atom is -0.381 e. The maximum atomic E-state index is 12.8. The Morgan fingerprint density at radius 1 is 1.26 bits per heavy atom. The van der Waals surface area contributed by atoms with Gasteiger partial charge in [0.2, 0.25) is 5.91 Å². The van der Waals surface area contributed by atoms with Crippen LogP contribution in [0.15, 0.2) is 28.7 Å². The first kappa shape index (κ1) is 18.4. The van der Waals surface area contributed by atoms with Gasteiger partial charge in [0, 0.05) is 30.0 Å². The smallest absolute Gasteiger partial charge is 0.230 e. The minimum absolute atomic E-state index is 0.0256.